The van der Waals surface area contributed by atoms with Gasteiger partial charge in [0.2, 0.25) is 0 Å². The molecule has 1 N–H and O–H groups in total. The third kappa shape index (κ3) is 3.95. The Hall–Kier alpha value is -0.423. The van der Waals surface area contributed by atoms with Gasteiger partial charge in [0.25, 0.3) is 0 Å². The van der Waals surface area contributed by atoms with Gasteiger partial charge < -0.3 is 14.3 Å². The van der Waals surface area contributed by atoms with Gasteiger partial charge in [-0.05, 0) is 75.1 Å². The van der Waals surface area contributed by atoms with E-state index in [1.165, 1.54) is 11.1 Å². The van der Waals surface area contributed by atoms with Crippen LogP contribution in [-0.2, 0) is 9.16 Å². The SMILES string of the molecule is COC[C@@]1(O[Si](C)(C)C)CC[C@@H]2/C1=C\[C@@]1(C)CCC(C(C)C)=C1C[C@@H](O)[C@@H]2C. The van der Waals surface area contributed by atoms with E-state index in [1.807, 2.05) is 0 Å². The minimum atomic E-state index is -1.76. The minimum absolute atomic E-state index is 0.0421. The highest BCUT2D eigenvalue weighted by atomic mass is 28.4. The molecule has 0 unspecified atom stereocenters. The molecule has 0 aromatic carbocycles. The molecule has 0 aliphatic heterocycles. The van der Waals surface area contributed by atoms with Crippen molar-refractivity contribution in [3.05, 3.63) is 22.8 Å². The first-order valence-electron chi connectivity index (χ1n) is 11.3. The minimum Gasteiger partial charge on any atom is -0.406 e. The van der Waals surface area contributed by atoms with E-state index < -0.39 is 8.32 Å². The highest BCUT2D eigenvalue weighted by molar-refractivity contribution is 6.69. The van der Waals surface area contributed by atoms with Crippen molar-refractivity contribution in [2.45, 2.75) is 91.1 Å². The molecule has 0 heterocycles. The van der Waals surface area contributed by atoms with Crippen molar-refractivity contribution in [2.24, 2.45) is 23.2 Å². The van der Waals surface area contributed by atoms with Crippen molar-refractivity contribution in [1.29, 1.82) is 0 Å². The number of methoxy groups -OCH3 is 1. The quantitative estimate of drug-likeness (QED) is 0.469. The van der Waals surface area contributed by atoms with Crippen LogP contribution in [0.2, 0.25) is 19.6 Å². The summed E-state index contributed by atoms with van der Waals surface area (Å²) >= 11 is 0. The fraction of sp³-hybridized carbons (Fsp3) is 0.833. The van der Waals surface area contributed by atoms with Crippen LogP contribution < -0.4 is 0 Å². The normalized spacial score (nSPS) is 40.8. The molecule has 0 spiro atoms. The molecule has 160 valence electrons. The summed E-state index contributed by atoms with van der Waals surface area (Å²) in [5.41, 5.74) is 4.22. The van der Waals surface area contributed by atoms with Crippen LogP contribution in [-0.4, -0.2) is 38.8 Å². The zero-order chi connectivity index (χ0) is 20.9. The van der Waals surface area contributed by atoms with Gasteiger partial charge in [-0.1, -0.05) is 44.9 Å². The van der Waals surface area contributed by atoms with E-state index in [9.17, 15) is 5.11 Å². The van der Waals surface area contributed by atoms with Crippen molar-refractivity contribution in [3.8, 4) is 0 Å². The second-order valence-corrected chi connectivity index (χ2v) is 15.5. The molecule has 0 saturated heterocycles. The summed E-state index contributed by atoms with van der Waals surface area (Å²) < 4.78 is 12.6. The highest BCUT2D eigenvalue weighted by Gasteiger charge is 2.52. The first-order valence-corrected chi connectivity index (χ1v) is 14.7. The maximum Gasteiger partial charge on any atom is 0.185 e. The van der Waals surface area contributed by atoms with Gasteiger partial charge in [0, 0.05) is 12.5 Å². The van der Waals surface area contributed by atoms with Gasteiger partial charge in [-0.2, -0.15) is 0 Å². The van der Waals surface area contributed by atoms with Crippen molar-refractivity contribution >= 4 is 8.32 Å². The molecule has 0 aromatic heterocycles. The fourth-order valence-electron chi connectivity index (χ4n) is 6.16. The lowest BCUT2D eigenvalue weighted by molar-refractivity contribution is 0.0126. The van der Waals surface area contributed by atoms with Crippen LogP contribution in [0.25, 0.3) is 0 Å². The molecule has 28 heavy (non-hydrogen) atoms. The second kappa shape index (κ2) is 7.68. The number of ether oxygens (including phenoxy) is 1. The number of hydrogen-bond donors (Lipinski definition) is 1. The molecule has 3 nitrogen and oxygen atoms in total. The zero-order valence-electron chi connectivity index (χ0n) is 19.4. The van der Waals surface area contributed by atoms with Gasteiger partial charge in [0.05, 0.1) is 12.7 Å². The number of aliphatic hydroxyl groups is 1. The van der Waals surface area contributed by atoms with Gasteiger partial charge in [0.15, 0.2) is 8.32 Å². The summed E-state index contributed by atoms with van der Waals surface area (Å²) in [6.07, 6.45) is 7.54. The van der Waals surface area contributed by atoms with Crippen LogP contribution in [0.4, 0.5) is 0 Å². The van der Waals surface area contributed by atoms with E-state index in [1.54, 1.807) is 12.7 Å². The number of aliphatic hydroxyl groups excluding tert-OH is 1. The van der Waals surface area contributed by atoms with Gasteiger partial charge in [0.1, 0.15) is 5.60 Å². The summed E-state index contributed by atoms with van der Waals surface area (Å²) in [5, 5.41) is 11.2. The van der Waals surface area contributed by atoms with Gasteiger partial charge in [-0.3, -0.25) is 0 Å². The summed E-state index contributed by atoms with van der Waals surface area (Å²) in [4.78, 5) is 0. The van der Waals surface area contributed by atoms with Crippen molar-refractivity contribution in [3.63, 3.8) is 0 Å². The van der Waals surface area contributed by atoms with Crippen LogP contribution in [0.1, 0.15) is 59.8 Å². The maximum absolute atomic E-state index is 11.2. The molecule has 0 aromatic rings. The van der Waals surface area contributed by atoms with Gasteiger partial charge in [-0.25, -0.2) is 0 Å². The molecular weight excluding hydrogens is 364 g/mol. The van der Waals surface area contributed by atoms with E-state index >= 15 is 0 Å². The highest BCUT2D eigenvalue weighted by Crippen LogP contribution is 2.56. The molecule has 3 rings (SSSR count). The molecule has 4 heteroatoms. The summed E-state index contributed by atoms with van der Waals surface area (Å²) in [6.45, 7) is 16.7. The molecule has 0 bridgehead atoms. The first kappa shape index (κ1) is 22.3. The number of fused-ring (bicyclic) bond motifs is 2. The topological polar surface area (TPSA) is 38.7 Å². The largest absolute Gasteiger partial charge is 0.406 e. The molecule has 0 radical (unpaired) electrons. The lowest BCUT2D eigenvalue weighted by Crippen LogP contribution is -2.47. The average Bonchev–Trinajstić information content (AvgIpc) is 3.04. The third-order valence-electron chi connectivity index (χ3n) is 7.48. The molecule has 1 saturated carbocycles. The van der Waals surface area contributed by atoms with E-state index in [0.29, 0.717) is 18.4 Å². The van der Waals surface area contributed by atoms with Crippen molar-refractivity contribution in [2.75, 3.05) is 13.7 Å². The van der Waals surface area contributed by atoms with Crippen LogP contribution >= 0.6 is 0 Å². The zero-order valence-corrected chi connectivity index (χ0v) is 20.4. The molecule has 3 aliphatic carbocycles. The van der Waals surface area contributed by atoms with E-state index in [-0.39, 0.29) is 23.0 Å². The van der Waals surface area contributed by atoms with Crippen LogP contribution in [0, 0.1) is 23.2 Å². The Balaban J connectivity index is 2.16. The summed E-state index contributed by atoms with van der Waals surface area (Å²) in [5.74, 6) is 1.20. The summed E-state index contributed by atoms with van der Waals surface area (Å²) in [6, 6.07) is 0. The Kier molecular flexibility index (Phi) is 6.11. The Morgan fingerprint density at radius 3 is 2.50 bits per heavy atom. The second-order valence-electron chi connectivity index (χ2n) is 11.1. The molecule has 3 aliphatic rings. The van der Waals surface area contributed by atoms with Crippen LogP contribution in [0.3, 0.4) is 0 Å². The lowest BCUT2D eigenvalue weighted by atomic mass is 9.69. The Labute approximate surface area is 173 Å². The van der Waals surface area contributed by atoms with Gasteiger partial charge in [-0.15, -0.1) is 0 Å². The third-order valence-corrected chi connectivity index (χ3v) is 8.48. The monoisotopic (exact) mass is 406 g/mol. The molecule has 0 amide bonds. The summed E-state index contributed by atoms with van der Waals surface area (Å²) in [7, 11) is 0.0347. The number of rotatable bonds is 5. The first-order chi connectivity index (χ1) is 12.9. The molecule has 5 atom stereocenters. The average molecular weight is 407 g/mol. The van der Waals surface area contributed by atoms with E-state index in [2.05, 4.69) is 53.4 Å². The standard InChI is InChI=1S/C24H42O3Si/c1-16(2)18-9-11-23(4)14-21-19(17(3)22(25)13-20(18)23)10-12-24(21,15-26-5)27-28(6,7)8/h14,16-17,19,22,25H,9-13,15H2,1-8H3/b21-14+/t17-,19+,22-,23-,24+/m1/s1. The van der Waals surface area contributed by atoms with Crippen molar-refractivity contribution in [1.82, 2.24) is 0 Å². The predicted octanol–water partition coefficient (Wildman–Crippen LogP) is 5.71. The van der Waals surface area contributed by atoms with Crippen LogP contribution in [0.15, 0.2) is 22.8 Å². The van der Waals surface area contributed by atoms with E-state index in [0.717, 1.165) is 32.1 Å². The Bertz CT molecular complexity index is 659. The number of allylic oxidation sites excluding steroid dienone is 2. The Morgan fingerprint density at radius 2 is 1.93 bits per heavy atom. The fourth-order valence-corrected chi connectivity index (χ4v) is 7.61. The molecule has 1 fully saturated rings. The smallest absolute Gasteiger partial charge is 0.185 e. The van der Waals surface area contributed by atoms with E-state index in [4.69, 9.17) is 9.16 Å². The molecular formula is C24H42O3Si. The van der Waals surface area contributed by atoms with Crippen molar-refractivity contribution < 1.29 is 14.3 Å². The predicted molar refractivity (Wildman–Crippen MR) is 119 cm³/mol. The maximum atomic E-state index is 11.2. The number of hydrogen-bond acceptors (Lipinski definition) is 3. The van der Waals surface area contributed by atoms with Crippen LogP contribution in [0.5, 0.6) is 0 Å². The lowest BCUT2D eigenvalue weighted by Gasteiger charge is -2.42. The Morgan fingerprint density at radius 1 is 1.25 bits per heavy atom. The van der Waals surface area contributed by atoms with Gasteiger partial charge >= 0.3 is 0 Å².